The van der Waals surface area contributed by atoms with Crippen LogP contribution in [0.4, 0.5) is 0 Å². The molecule has 0 aliphatic heterocycles. The van der Waals surface area contributed by atoms with E-state index in [2.05, 4.69) is 18.8 Å². The molecule has 1 heterocycles. The van der Waals surface area contributed by atoms with Crippen molar-refractivity contribution < 1.29 is 5.11 Å². The quantitative estimate of drug-likeness (QED) is 0.750. The largest absolute Gasteiger partial charge is 0.383 e. The summed E-state index contributed by atoms with van der Waals surface area (Å²) in [6.07, 6.45) is 1.93. The summed E-state index contributed by atoms with van der Waals surface area (Å²) in [5.41, 5.74) is 0.192. The van der Waals surface area contributed by atoms with Crippen LogP contribution in [0.3, 0.4) is 0 Å². The summed E-state index contributed by atoms with van der Waals surface area (Å²) < 4.78 is 0. The van der Waals surface area contributed by atoms with Gasteiger partial charge in [-0.2, -0.15) is 0 Å². The van der Waals surface area contributed by atoms with Gasteiger partial charge in [-0.25, -0.2) is 4.98 Å². The lowest BCUT2D eigenvalue weighted by Crippen LogP contribution is -2.51. The maximum absolute atomic E-state index is 10.4. The molecule has 2 nitrogen and oxygen atoms in total. The van der Waals surface area contributed by atoms with Crippen LogP contribution in [-0.4, -0.2) is 10.1 Å². The molecule has 1 saturated carbocycles. The number of nitrogens with zero attached hydrogens (tertiary/aromatic N) is 1. The molecule has 0 spiro atoms. The van der Waals surface area contributed by atoms with Crippen molar-refractivity contribution in [3.63, 3.8) is 0 Å². The molecule has 1 fully saturated rings. The molecule has 1 unspecified atom stereocenters. The molecule has 13 heavy (non-hydrogen) atoms. The van der Waals surface area contributed by atoms with E-state index in [4.69, 9.17) is 0 Å². The van der Waals surface area contributed by atoms with Crippen LogP contribution in [0.25, 0.3) is 0 Å². The number of aromatic nitrogens is 1. The van der Waals surface area contributed by atoms with Crippen molar-refractivity contribution in [3.05, 3.63) is 16.1 Å². The third-order valence-corrected chi connectivity index (χ3v) is 4.05. The molecule has 1 aliphatic rings. The van der Waals surface area contributed by atoms with E-state index in [0.717, 1.165) is 23.5 Å². The predicted molar refractivity (Wildman–Crippen MR) is 53.8 cm³/mol. The minimum Gasteiger partial charge on any atom is -0.383 e. The van der Waals surface area contributed by atoms with Crippen LogP contribution in [-0.2, 0) is 5.60 Å². The Morgan fingerprint density at radius 2 is 2.15 bits per heavy atom. The van der Waals surface area contributed by atoms with E-state index >= 15 is 0 Å². The lowest BCUT2D eigenvalue weighted by Gasteiger charge is -2.51. The van der Waals surface area contributed by atoms with Crippen molar-refractivity contribution in [2.45, 2.75) is 39.2 Å². The molecule has 0 bridgehead atoms. The van der Waals surface area contributed by atoms with Crippen LogP contribution >= 0.6 is 11.3 Å². The molecule has 0 amide bonds. The monoisotopic (exact) mass is 197 g/mol. The summed E-state index contributed by atoms with van der Waals surface area (Å²) in [6, 6.07) is 0. The van der Waals surface area contributed by atoms with Gasteiger partial charge in [0.2, 0.25) is 0 Å². The first-order valence-corrected chi connectivity index (χ1v) is 5.49. The molecule has 1 aliphatic carbocycles. The molecule has 1 atom stereocenters. The summed E-state index contributed by atoms with van der Waals surface area (Å²) in [4.78, 5) is 4.37. The third-order valence-electron chi connectivity index (χ3n) is 3.27. The number of thiazole rings is 1. The van der Waals surface area contributed by atoms with Gasteiger partial charge in [-0.15, -0.1) is 11.3 Å². The average molecular weight is 197 g/mol. The van der Waals surface area contributed by atoms with Crippen molar-refractivity contribution >= 4 is 11.3 Å². The molecule has 0 radical (unpaired) electrons. The van der Waals surface area contributed by atoms with Gasteiger partial charge < -0.3 is 5.11 Å². The van der Waals surface area contributed by atoms with Gasteiger partial charge in [0.25, 0.3) is 0 Å². The van der Waals surface area contributed by atoms with Crippen molar-refractivity contribution in [1.29, 1.82) is 0 Å². The molecule has 72 valence electrons. The number of aryl methyl sites for hydroxylation is 1. The average Bonchev–Trinajstić information content (AvgIpc) is 2.48. The summed E-state index contributed by atoms with van der Waals surface area (Å²) >= 11 is 1.61. The van der Waals surface area contributed by atoms with Gasteiger partial charge in [0, 0.05) is 5.38 Å². The summed E-state index contributed by atoms with van der Waals surface area (Å²) in [5.74, 6) is 0. The number of hydrogen-bond donors (Lipinski definition) is 1. The fraction of sp³-hybridized carbons (Fsp3) is 0.700. The lowest BCUT2D eigenvalue weighted by atomic mass is 9.58. The highest BCUT2D eigenvalue weighted by Crippen LogP contribution is 2.55. The number of aliphatic hydroxyl groups is 1. The summed E-state index contributed by atoms with van der Waals surface area (Å²) in [7, 11) is 0. The standard InChI is InChI=1S/C10H15NOS/c1-7-11-8(6-13-7)10(12)5-4-9(10,2)3/h6,12H,4-5H2,1-3H3. The topological polar surface area (TPSA) is 33.1 Å². The van der Waals surface area contributed by atoms with E-state index in [1.54, 1.807) is 11.3 Å². The first kappa shape index (κ1) is 9.16. The Bertz CT molecular complexity index is 331. The van der Waals surface area contributed by atoms with Crippen LogP contribution in [0.5, 0.6) is 0 Å². The number of rotatable bonds is 1. The summed E-state index contributed by atoms with van der Waals surface area (Å²) in [5, 5.41) is 13.4. The minimum absolute atomic E-state index is 0.00644. The predicted octanol–water partition coefficient (Wildman–Crippen LogP) is 2.46. The molecular weight excluding hydrogens is 182 g/mol. The van der Waals surface area contributed by atoms with E-state index in [-0.39, 0.29) is 5.41 Å². The Kier molecular flexibility index (Phi) is 1.79. The van der Waals surface area contributed by atoms with E-state index in [9.17, 15) is 5.11 Å². The van der Waals surface area contributed by atoms with Crippen molar-refractivity contribution in [2.24, 2.45) is 5.41 Å². The third kappa shape index (κ3) is 1.14. The minimum atomic E-state index is -0.669. The second kappa shape index (κ2) is 2.55. The van der Waals surface area contributed by atoms with E-state index in [1.165, 1.54) is 0 Å². The SMILES string of the molecule is Cc1nc(C2(O)CCC2(C)C)cs1. The zero-order chi connectivity index (χ0) is 9.69. The zero-order valence-electron chi connectivity index (χ0n) is 8.29. The van der Waals surface area contributed by atoms with Crippen LogP contribution in [0, 0.1) is 12.3 Å². The van der Waals surface area contributed by atoms with Gasteiger partial charge in [0.05, 0.1) is 10.7 Å². The second-order valence-electron chi connectivity index (χ2n) is 4.50. The fourth-order valence-corrected chi connectivity index (χ4v) is 2.57. The molecule has 3 heteroatoms. The van der Waals surface area contributed by atoms with Gasteiger partial charge in [-0.3, -0.25) is 0 Å². The highest BCUT2D eigenvalue weighted by Gasteiger charge is 2.54. The van der Waals surface area contributed by atoms with Gasteiger partial charge in [0.15, 0.2) is 0 Å². The van der Waals surface area contributed by atoms with Crippen molar-refractivity contribution in [2.75, 3.05) is 0 Å². The zero-order valence-corrected chi connectivity index (χ0v) is 9.11. The van der Waals surface area contributed by atoms with Gasteiger partial charge >= 0.3 is 0 Å². The van der Waals surface area contributed by atoms with Crippen molar-refractivity contribution in [1.82, 2.24) is 4.98 Å². The molecular formula is C10H15NOS. The molecule has 0 saturated heterocycles. The smallest absolute Gasteiger partial charge is 0.112 e. The Hall–Kier alpha value is -0.410. The van der Waals surface area contributed by atoms with Crippen LogP contribution in [0.2, 0.25) is 0 Å². The summed E-state index contributed by atoms with van der Waals surface area (Å²) in [6.45, 7) is 6.18. The van der Waals surface area contributed by atoms with E-state index in [1.807, 2.05) is 12.3 Å². The first-order valence-electron chi connectivity index (χ1n) is 4.61. The van der Waals surface area contributed by atoms with Crippen LogP contribution < -0.4 is 0 Å². The molecule has 1 N–H and O–H groups in total. The van der Waals surface area contributed by atoms with Gasteiger partial charge in [-0.05, 0) is 25.2 Å². The molecule has 2 rings (SSSR count). The Morgan fingerprint density at radius 3 is 2.46 bits per heavy atom. The Morgan fingerprint density at radius 1 is 1.46 bits per heavy atom. The first-order chi connectivity index (χ1) is 5.96. The van der Waals surface area contributed by atoms with Gasteiger partial charge in [-0.1, -0.05) is 13.8 Å². The molecule has 0 aromatic carbocycles. The van der Waals surface area contributed by atoms with Crippen LogP contribution in [0.15, 0.2) is 5.38 Å². The van der Waals surface area contributed by atoms with Crippen molar-refractivity contribution in [3.8, 4) is 0 Å². The second-order valence-corrected chi connectivity index (χ2v) is 5.56. The Labute approximate surface area is 82.6 Å². The highest BCUT2D eigenvalue weighted by atomic mass is 32.1. The highest BCUT2D eigenvalue weighted by molar-refractivity contribution is 7.09. The van der Waals surface area contributed by atoms with Crippen LogP contribution in [0.1, 0.15) is 37.4 Å². The Balaban J connectivity index is 2.36. The number of hydrogen-bond acceptors (Lipinski definition) is 3. The maximum Gasteiger partial charge on any atom is 0.112 e. The lowest BCUT2D eigenvalue weighted by molar-refractivity contribution is -0.158. The fourth-order valence-electron chi connectivity index (χ4n) is 1.89. The van der Waals surface area contributed by atoms with E-state index in [0.29, 0.717) is 0 Å². The van der Waals surface area contributed by atoms with E-state index < -0.39 is 5.60 Å². The molecule has 1 aromatic heterocycles. The molecule has 1 aromatic rings. The maximum atomic E-state index is 10.4. The van der Waals surface area contributed by atoms with Gasteiger partial charge in [0.1, 0.15) is 5.60 Å². The normalized spacial score (nSPS) is 31.4.